The largest absolute Gasteiger partial charge is 0.463 e. The van der Waals surface area contributed by atoms with Crippen LogP contribution in [0.4, 0.5) is 57.1 Å². The standard InChI is InChI=1S/C12H10F13NO4S/c1-3-30-6(27)5(2)4-26-31(28,29)12(24,25)10(19,20)8(15,16)7(13,14)9(17,18)11(21,22)23/h4,26H,3H2,1-2H3. The first kappa shape index (κ1) is 29.1. The minimum absolute atomic E-state index is 0.328. The highest BCUT2D eigenvalue weighted by atomic mass is 32.2. The number of hydrogen-bond donors (Lipinski definition) is 1. The summed E-state index contributed by atoms with van der Waals surface area (Å²) in [4.78, 5) is 11.1. The van der Waals surface area contributed by atoms with Crippen molar-refractivity contribution in [2.24, 2.45) is 0 Å². The second-order valence-electron chi connectivity index (χ2n) is 5.48. The second-order valence-corrected chi connectivity index (χ2v) is 7.24. The van der Waals surface area contributed by atoms with E-state index in [1.807, 2.05) is 0 Å². The van der Waals surface area contributed by atoms with Crippen LogP contribution in [-0.2, 0) is 19.6 Å². The van der Waals surface area contributed by atoms with Crippen molar-refractivity contribution in [2.45, 2.75) is 49.0 Å². The van der Waals surface area contributed by atoms with Crippen molar-refractivity contribution in [3.05, 3.63) is 11.8 Å². The molecule has 1 N–H and O–H groups in total. The lowest BCUT2D eigenvalue weighted by molar-refractivity contribution is -0.433. The third-order valence-electron chi connectivity index (χ3n) is 3.27. The van der Waals surface area contributed by atoms with Gasteiger partial charge >= 0.3 is 51.1 Å². The molecule has 0 aliphatic heterocycles. The quantitative estimate of drug-likeness (QED) is 0.288. The normalized spacial score (nSPS) is 15.6. The summed E-state index contributed by atoms with van der Waals surface area (Å²) in [6.45, 7) is 1.44. The van der Waals surface area contributed by atoms with Crippen LogP contribution in [0.1, 0.15) is 13.8 Å². The Bertz CT molecular complexity index is 817. The molecule has 0 rings (SSSR count). The fourth-order valence-electron chi connectivity index (χ4n) is 1.47. The molecule has 0 saturated heterocycles. The number of esters is 1. The molecule has 184 valence electrons. The van der Waals surface area contributed by atoms with E-state index in [2.05, 4.69) is 4.74 Å². The van der Waals surface area contributed by atoms with Gasteiger partial charge in [0.25, 0.3) is 0 Å². The van der Waals surface area contributed by atoms with Gasteiger partial charge in [-0.05, 0) is 13.8 Å². The fraction of sp³-hybridized carbons (Fsp3) is 0.750. The van der Waals surface area contributed by atoms with Gasteiger partial charge < -0.3 is 4.74 Å². The summed E-state index contributed by atoms with van der Waals surface area (Å²) in [6, 6.07) is 0. The number of carbonyl (C=O) groups excluding carboxylic acids is 1. The van der Waals surface area contributed by atoms with Gasteiger partial charge in [0.2, 0.25) is 0 Å². The van der Waals surface area contributed by atoms with Gasteiger partial charge in [-0.3, -0.25) is 4.72 Å². The van der Waals surface area contributed by atoms with Crippen molar-refractivity contribution in [1.82, 2.24) is 4.72 Å². The molecule has 5 nitrogen and oxygen atoms in total. The number of hydrogen-bond acceptors (Lipinski definition) is 4. The summed E-state index contributed by atoms with van der Waals surface area (Å²) in [5, 5.41) is -7.40. The first-order chi connectivity index (χ1) is 13.4. The number of nitrogens with one attached hydrogen (secondary N) is 1. The molecule has 0 atom stereocenters. The second kappa shape index (κ2) is 8.19. The lowest BCUT2D eigenvalue weighted by Gasteiger charge is -2.39. The maximum atomic E-state index is 13.6. The first-order valence-corrected chi connectivity index (χ1v) is 8.66. The topological polar surface area (TPSA) is 72.5 Å². The molecule has 31 heavy (non-hydrogen) atoms. The Balaban J connectivity index is 6.39. The lowest BCUT2D eigenvalue weighted by Crippen LogP contribution is -2.71. The van der Waals surface area contributed by atoms with Crippen molar-refractivity contribution in [1.29, 1.82) is 0 Å². The molecule has 0 radical (unpaired) electrons. The van der Waals surface area contributed by atoms with Crippen LogP contribution in [0.5, 0.6) is 0 Å². The van der Waals surface area contributed by atoms with Crippen LogP contribution in [0, 0.1) is 0 Å². The molecule has 0 aliphatic carbocycles. The summed E-state index contributed by atoms with van der Waals surface area (Å²) in [5.74, 6) is -34.0. The molecule has 0 fully saturated rings. The van der Waals surface area contributed by atoms with E-state index in [1.54, 1.807) is 0 Å². The van der Waals surface area contributed by atoms with Crippen LogP contribution in [-0.4, -0.2) is 56.1 Å². The highest BCUT2D eigenvalue weighted by Gasteiger charge is 2.92. The minimum Gasteiger partial charge on any atom is -0.463 e. The highest BCUT2D eigenvalue weighted by molar-refractivity contribution is 7.90. The Morgan fingerprint density at radius 3 is 1.55 bits per heavy atom. The van der Waals surface area contributed by atoms with Crippen LogP contribution in [0.25, 0.3) is 0 Å². The Labute approximate surface area is 164 Å². The van der Waals surface area contributed by atoms with Gasteiger partial charge in [0.1, 0.15) is 0 Å². The molecule has 0 aromatic heterocycles. The molecule has 0 aromatic carbocycles. The number of sulfonamides is 1. The van der Waals surface area contributed by atoms with E-state index < -0.39 is 56.7 Å². The summed E-state index contributed by atoms with van der Waals surface area (Å²) in [5.41, 5.74) is -0.967. The zero-order chi connectivity index (χ0) is 25.5. The number of alkyl halides is 13. The van der Waals surface area contributed by atoms with Crippen LogP contribution >= 0.6 is 0 Å². The van der Waals surface area contributed by atoms with Crippen LogP contribution in [0.3, 0.4) is 0 Å². The molecule has 0 heterocycles. The lowest BCUT2D eigenvalue weighted by atomic mass is 9.98. The average molecular weight is 511 g/mol. The van der Waals surface area contributed by atoms with Gasteiger partial charge in [-0.25, -0.2) is 4.79 Å². The zero-order valence-electron chi connectivity index (χ0n) is 14.7. The predicted molar refractivity (Wildman–Crippen MR) is 73.2 cm³/mol. The van der Waals surface area contributed by atoms with Crippen LogP contribution in [0.15, 0.2) is 11.8 Å². The summed E-state index contributed by atoms with van der Waals surface area (Å²) >= 11 is 0. The smallest absolute Gasteiger partial charge is 0.460 e. The van der Waals surface area contributed by atoms with Gasteiger partial charge in [0.15, 0.2) is 0 Å². The first-order valence-electron chi connectivity index (χ1n) is 7.18. The fourth-order valence-corrected chi connectivity index (χ4v) is 2.41. The zero-order valence-corrected chi connectivity index (χ0v) is 15.6. The van der Waals surface area contributed by atoms with Crippen LogP contribution in [0.2, 0.25) is 0 Å². The molecule has 0 bridgehead atoms. The van der Waals surface area contributed by atoms with E-state index in [4.69, 9.17) is 0 Å². The maximum Gasteiger partial charge on any atom is 0.460 e. The SMILES string of the molecule is CCOC(=O)C(C)=CNS(=O)(=O)C(F)(F)C(F)(F)C(F)(F)C(F)(F)C(F)(F)C(F)(F)F. The Kier molecular flexibility index (Phi) is 7.68. The number of carbonyl (C=O) groups is 1. The Hall–Kier alpha value is -1.95. The predicted octanol–water partition coefficient (Wildman–Crippen LogP) is 4.07. The minimum atomic E-state index is -8.27. The average Bonchev–Trinajstić information content (AvgIpc) is 2.57. The Morgan fingerprint density at radius 1 is 0.806 bits per heavy atom. The molecule has 0 spiro atoms. The van der Waals surface area contributed by atoms with E-state index in [-0.39, 0.29) is 12.8 Å². The van der Waals surface area contributed by atoms with Gasteiger partial charge in [0, 0.05) is 6.20 Å². The molecular formula is C12H10F13NO4S. The van der Waals surface area contributed by atoms with E-state index in [1.165, 1.54) is 6.92 Å². The number of rotatable bonds is 9. The van der Waals surface area contributed by atoms with E-state index in [0.29, 0.717) is 11.6 Å². The van der Waals surface area contributed by atoms with Crippen molar-refractivity contribution < 1.29 is 75.0 Å². The van der Waals surface area contributed by atoms with Crippen molar-refractivity contribution >= 4 is 16.0 Å². The summed E-state index contributed by atoms with van der Waals surface area (Å²) < 4.78 is 195. The van der Waals surface area contributed by atoms with Crippen molar-refractivity contribution in [3.8, 4) is 0 Å². The monoisotopic (exact) mass is 511 g/mol. The van der Waals surface area contributed by atoms with Crippen LogP contribution < -0.4 is 4.72 Å². The summed E-state index contributed by atoms with van der Waals surface area (Å²) in [7, 11) is -7.24. The third-order valence-corrected chi connectivity index (χ3v) is 4.63. The van der Waals surface area contributed by atoms with Gasteiger partial charge in [-0.2, -0.15) is 65.5 Å². The number of ether oxygens (including phenoxy) is 1. The molecule has 0 aliphatic rings. The van der Waals surface area contributed by atoms with Crippen molar-refractivity contribution in [2.75, 3.05) is 6.61 Å². The highest BCUT2D eigenvalue weighted by Crippen LogP contribution is 2.60. The third kappa shape index (κ3) is 4.50. The molecular weight excluding hydrogens is 501 g/mol. The molecule has 19 heteroatoms. The van der Waals surface area contributed by atoms with Gasteiger partial charge in [-0.15, -0.1) is 0 Å². The van der Waals surface area contributed by atoms with Gasteiger partial charge in [0.05, 0.1) is 12.2 Å². The number of halogens is 13. The summed E-state index contributed by atoms with van der Waals surface area (Å²) in [6.07, 6.45) is -7.96. The Morgan fingerprint density at radius 2 is 1.19 bits per heavy atom. The molecule has 0 unspecified atom stereocenters. The van der Waals surface area contributed by atoms with E-state index in [0.717, 1.165) is 0 Å². The van der Waals surface area contributed by atoms with Gasteiger partial charge in [-0.1, -0.05) is 0 Å². The van der Waals surface area contributed by atoms with E-state index >= 15 is 0 Å². The molecule has 0 aromatic rings. The maximum absolute atomic E-state index is 13.6. The van der Waals surface area contributed by atoms with Crippen molar-refractivity contribution in [3.63, 3.8) is 0 Å². The van der Waals surface area contributed by atoms with E-state index in [9.17, 15) is 70.3 Å². The molecule has 0 amide bonds. The molecule has 0 saturated carbocycles.